The van der Waals surface area contributed by atoms with Crippen molar-refractivity contribution in [3.8, 4) is 11.3 Å². The second kappa shape index (κ2) is 8.07. The van der Waals surface area contributed by atoms with Gasteiger partial charge in [0.2, 0.25) is 0 Å². The molecule has 0 atom stereocenters. The maximum Gasteiger partial charge on any atom is 0.181 e. The van der Waals surface area contributed by atoms with Gasteiger partial charge >= 0.3 is 0 Å². The molecular formula is C18H17IN4O. The molecule has 3 aromatic rings. The van der Waals surface area contributed by atoms with Crippen LogP contribution in [0.25, 0.3) is 11.3 Å². The van der Waals surface area contributed by atoms with Crippen LogP contribution in [0.15, 0.2) is 64.6 Å². The Hall–Kier alpha value is -2.19. The minimum absolute atomic E-state index is 0.760. The average molecular weight is 432 g/mol. The molecule has 24 heavy (non-hydrogen) atoms. The van der Waals surface area contributed by atoms with Gasteiger partial charge < -0.3 is 9.73 Å². The van der Waals surface area contributed by atoms with Crippen LogP contribution in [0.2, 0.25) is 0 Å². The number of nitrogens with zero attached hydrogens (tertiary/aromatic N) is 2. The Labute approximate surface area is 154 Å². The lowest BCUT2D eigenvalue weighted by Crippen LogP contribution is -2.04. The topological polar surface area (TPSA) is 62.5 Å². The summed E-state index contributed by atoms with van der Waals surface area (Å²) in [4.78, 5) is 3.95. The molecule has 0 unspecified atom stereocenters. The van der Waals surface area contributed by atoms with E-state index in [1.165, 1.54) is 12.0 Å². The third-order valence-corrected chi connectivity index (χ3v) is 4.33. The quantitative estimate of drug-likeness (QED) is 0.350. The first-order chi connectivity index (χ1) is 11.8. The van der Waals surface area contributed by atoms with Crippen LogP contribution in [0.3, 0.4) is 0 Å². The smallest absolute Gasteiger partial charge is 0.181 e. The van der Waals surface area contributed by atoms with E-state index in [0.717, 1.165) is 32.7 Å². The maximum absolute atomic E-state index is 5.34. The number of hydrogen-bond donors (Lipinski definition) is 2. The molecule has 1 aromatic heterocycles. The van der Waals surface area contributed by atoms with E-state index in [-0.39, 0.29) is 0 Å². The number of anilines is 1. The van der Waals surface area contributed by atoms with Crippen molar-refractivity contribution in [1.82, 2.24) is 10.3 Å². The highest BCUT2D eigenvalue weighted by molar-refractivity contribution is 14.1. The van der Waals surface area contributed by atoms with E-state index >= 15 is 0 Å². The molecule has 5 nitrogen and oxygen atoms in total. The summed E-state index contributed by atoms with van der Waals surface area (Å²) in [5, 5.41) is 7.42. The molecule has 0 radical (unpaired) electrons. The molecule has 0 saturated heterocycles. The maximum atomic E-state index is 5.34. The number of rotatable bonds is 6. The van der Waals surface area contributed by atoms with Crippen LogP contribution in [-0.2, 0) is 6.54 Å². The zero-order valence-electron chi connectivity index (χ0n) is 13.2. The van der Waals surface area contributed by atoms with Gasteiger partial charge in [-0.1, -0.05) is 24.3 Å². The second-order valence-corrected chi connectivity index (χ2v) is 6.36. The number of nitrogens with one attached hydrogen (secondary N) is 2. The molecule has 122 valence electrons. The Morgan fingerprint density at radius 1 is 1.21 bits per heavy atom. The van der Waals surface area contributed by atoms with Crippen molar-refractivity contribution in [2.75, 3.05) is 12.5 Å². The molecule has 0 amide bonds. The van der Waals surface area contributed by atoms with Gasteiger partial charge in [-0.3, -0.25) is 5.43 Å². The molecule has 0 fully saturated rings. The van der Waals surface area contributed by atoms with E-state index in [2.05, 4.69) is 67.7 Å². The molecule has 3 rings (SSSR count). The molecule has 6 heteroatoms. The standard InChI is InChI=1S/C18H17IN4O/c1-20-9-13-2-4-14(5-3-13)10-22-23-15-6-7-16(17(19)8-15)18-11-21-12-24-18/h2-8,10-12,20,23H,9H2,1H3. The molecule has 0 spiro atoms. The normalized spacial score (nSPS) is 11.1. The van der Waals surface area contributed by atoms with Gasteiger partial charge in [-0.15, -0.1) is 0 Å². The Kier molecular flexibility index (Phi) is 5.60. The average Bonchev–Trinajstić information content (AvgIpc) is 3.11. The number of oxazole rings is 1. The molecule has 1 heterocycles. The predicted molar refractivity (Wildman–Crippen MR) is 105 cm³/mol. The van der Waals surface area contributed by atoms with Crippen molar-refractivity contribution >= 4 is 34.5 Å². The van der Waals surface area contributed by atoms with Gasteiger partial charge in [-0.05, 0) is 59.0 Å². The van der Waals surface area contributed by atoms with Gasteiger partial charge in [-0.2, -0.15) is 5.10 Å². The zero-order valence-corrected chi connectivity index (χ0v) is 15.3. The molecule has 0 aliphatic heterocycles. The van der Waals surface area contributed by atoms with E-state index in [1.54, 1.807) is 12.4 Å². The second-order valence-electron chi connectivity index (χ2n) is 5.20. The minimum Gasteiger partial charge on any atom is -0.443 e. The van der Waals surface area contributed by atoms with Crippen LogP contribution < -0.4 is 10.7 Å². The first-order valence-electron chi connectivity index (χ1n) is 7.47. The summed E-state index contributed by atoms with van der Waals surface area (Å²) in [6, 6.07) is 14.3. The zero-order chi connectivity index (χ0) is 16.8. The molecule has 0 aliphatic rings. The van der Waals surface area contributed by atoms with Crippen LogP contribution in [0.4, 0.5) is 5.69 Å². The molecule has 0 saturated carbocycles. The first kappa shape index (κ1) is 16.7. The lowest BCUT2D eigenvalue weighted by atomic mass is 10.1. The monoisotopic (exact) mass is 432 g/mol. The minimum atomic E-state index is 0.760. The van der Waals surface area contributed by atoms with Gasteiger partial charge in [0.1, 0.15) is 0 Å². The molecule has 0 bridgehead atoms. The third-order valence-electron chi connectivity index (χ3n) is 3.43. The first-order valence-corrected chi connectivity index (χ1v) is 8.55. The van der Waals surface area contributed by atoms with Crippen molar-refractivity contribution in [2.24, 2.45) is 5.10 Å². The van der Waals surface area contributed by atoms with Gasteiger partial charge in [0.15, 0.2) is 12.2 Å². The Morgan fingerprint density at radius 3 is 2.71 bits per heavy atom. The third kappa shape index (κ3) is 4.21. The Morgan fingerprint density at radius 2 is 2.04 bits per heavy atom. The summed E-state index contributed by atoms with van der Waals surface area (Å²) in [7, 11) is 1.94. The van der Waals surface area contributed by atoms with Crippen LogP contribution in [0, 0.1) is 3.57 Å². The van der Waals surface area contributed by atoms with Crippen LogP contribution in [-0.4, -0.2) is 18.2 Å². The van der Waals surface area contributed by atoms with E-state index in [1.807, 2.05) is 25.2 Å². The summed E-state index contributed by atoms with van der Waals surface area (Å²) in [5.41, 5.74) is 7.29. The Balaban J connectivity index is 1.65. The summed E-state index contributed by atoms with van der Waals surface area (Å²) in [6.45, 7) is 0.867. The molecule has 2 N–H and O–H groups in total. The number of halogens is 1. The van der Waals surface area contributed by atoms with Crippen molar-refractivity contribution in [3.05, 3.63) is 69.8 Å². The highest BCUT2D eigenvalue weighted by Crippen LogP contribution is 2.27. The van der Waals surface area contributed by atoms with E-state index in [0.29, 0.717) is 0 Å². The summed E-state index contributed by atoms with van der Waals surface area (Å²) < 4.78 is 6.41. The fraction of sp³-hybridized carbons (Fsp3) is 0.111. The van der Waals surface area contributed by atoms with Crippen LogP contribution in [0.5, 0.6) is 0 Å². The number of aromatic nitrogens is 1. The van der Waals surface area contributed by atoms with Gasteiger partial charge in [0.25, 0.3) is 0 Å². The number of hydrogen-bond acceptors (Lipinski definition) is 5. The van der Waals surface area contributed by atoms with E-state index in [9.17, 15) is 0 Å². The fourth-order valence-electron chi connectivity index (χ4n) is 2.24. The number of hydrazone groups is 1. The van der Waals surface area contributed by atoms with Gasteiger partial charge in [0, 0.05) is 15.7 Å². The van der Waals surface area contributed by atoms with Crippen molar-refractivity contribution < 1.29 is 4.42 Å². The summed E-state index contributed by atoms with van der Waals surface area (Å²) in [6.07, 6.45) is 4.95. The lowest BCUT2D eigenvalue weighted by Gasteiger charge is -2.05. The SMILES string of the molecule is CNCc1ccc(C=NNc2ccc(-c3cnco3)c(I)c2)cc1. The van der Waals surface area contributed by atoms with Crippen molar-refractivity contribution in [3.63, 3.8) is 0 Å². The van der Waals surface area contributed by atoms with Gasteiger partial charge in [-0.25, -0.2) is 4.98 Å². The summed E-state index contributed by atoms with van der Waals surface area (Å²) >= 11 is 2.28. The highest BCUT2D eigenvalue weighted by Gasteiger charge is 2.06. The Bertz CT molecular complexity index is 814. The largest absolute Gasteiger partial charge is 0.443 e. The molecule has 0 aliphatic carbocycles. The van der Waals surface area contributed by atoms with E-state index in [4.69, 9.17) is 4.42 Å². The van der Waals surface area contributed by atoms with Crippen molar-refractivity contribution in [1.29, 1.82) is 0 Å². The highest BCUT2D eigenvalue weighted by atomic mass is 127. The molecular weight excluding hydrogens is 415 g/mol. The fourth-order valence-corrected chi connectivity index (χ4v) is 3.02. The summed E-state index contributed by atoms with van der Waals surface area (Å²) in [5.74, 6) is 0.760. The lowest BCUT2D eigenvalue weighted by molar-refractivity contribution is 0.571. The van der Waals surface area contributed by atoms with Crippen molar-refractivity contribution in [2.45, 2.75) is 6.54 Å². The van der Waals surface area contributed by atoms with E-state index < -0.39 is 0 Å². The van der Waals surface area contributed by atoms with Crippen LogP contribution in [0.1, 0.15) is 11.1 Å². The van der Waals surface area contributed by atoms with Crippen LogP contribution >= 0.6 is 22.6 Å². The predicted octanol–water partition coefficient (Wildman–Crippen LogP) is 4.11. The number of benzene rings is 2. The van der Waals surface area contributed by atoms with Gasteiger partial charge in [0.05, 0.1) is 18.1 Å². The molecule has 2 aromatic carbocycles.